The molecule has 2 aromatic carbocycles. The quantitative estimate of drug-likeness (QED) is 0.820. The first kappa shape index (κ1) is 18.4. The number of benzene rings is 2. The third-order valence-electron chi connectivity index (χ3n) is 5.89. The van der Waals surface area contributed by atoms with Gasteiger partial charge < -0.3 is 5.32 Å². The Hall–Kier alpha value is -2.95. The monoisotopic (exact) mass is 376 g/mol. The molecule has 5 heteroatoms. The van der Waals surface area contributed by atoms with Gasteiger partial charge in [-0.2, -0.15) is 0 Å². The smallest absolute Gasteiger partial charge is 0.244 e. The molecule has 0 atom stereocenters. The van der Waals surface area contributed by atoms with E-state index in [4.69, 9.17) is 0 Å². The number of carbonyl (C=O) groups excluding carboxylic acids is 3. The minimum atomic E-state index is -0.558. The molecule has 28 heavy (non-hydrogen) atoms. The normalized spacial score (nSPS) is 18.5. The van der Waals surface area contributed by atoms with Crippen LogP contribution in [0.15, 0.2) is 54.6 Å². The van der Waals surface area contributed by atoms with Gasteiger partial charge in [0.2, 0.25) is 17.7 Å². The van der Waals surface area contributed by atoms with Gasteiger partial charge in [-0.05, 0) is 24.5 Å². The summed E-state index contributed by atoms with van der Waals surface area (Å²) in [6, 6.07) is 17.3. The van der Waals surface area contributed by atoms with Crippen LogP contribution in [0.1, 0.15) is 38.5 Å². The summed E-state index contributed by atoms with van der Waals surface area (Å²) >= 11 is 0. The van der Waals surface area contributed by atoms with Crippen LogP contribution in [-0.4, -0.2) is 29.2 Å². The van der Waals surface area contributed by atoms with Crippen molar-refractivity contribution in [2.24, 2.45) is 5.41 Å². The second-order valence-corrected chi connectivity index (χ2v) is 7.76. The summed E-state index contributed by atoms with van der Waals surface area (Å²) < 4.78 is 0. The van der Waals surface area contributed by atoms with Crippen LogP contribution in [0.5, 0.6) is 0 Å². The van der Waals surface area contributed by atoms with Crippen molar-refractivity contribution in [2.45, 2.75) is 38.5 Å². The minimum absolute atomic E-state index is 0.163. The number of anilines is 1. The highest BCUT2D eigenvalue weighted by molar-refractivity contribution is 6.09. The number of hydrogen-bond donors (Lipinski definition) is 1. The molecule has 2 fully saturated rings. The number of para-hydroxylation sites is 1. The summed E-state index contributed by atoms with van der Waals surface area (Å²) in [5, 5.41) is 2.88. The van der Waals surface area contributed by atoms with E-state index < -0.39 is 5.41 Å². The first-order chi connectivity index (χ1) is 13.6. The molecular weight excluding hydrogens is 352 g/mol. The van der Waals surface area contributed by atoms with Crippen molar-refractivity contribution in [1.82, 2.24) is 4.90 Å². The van der Waals surface area contributed by atoms with E-state index in [1.165, 1.54) is 0 Å². The number of nitrogens with zero attached hydrogens (tertiary/aromatic N) is 1. The van der Waals surface area contributed by atoms with Crippen LogP contribution in [0.4, 0.5) is 5.69 Å². The molecule has 5 nitrogen and oxygen atoms in total. The molecule has 144 valence electrons. The number of carbonyl (C=O) groups is 3. The topological polar surface area (TPSA) is 66.5 Å². The lowest BCUT2D eigenvalue weighted by molar-refractivity contribution is -0.144. The average Bonchev–Trinajstić information content (AvgIpc) is 2.93. The number of imide groups is 1. The van der Waals surface area contributed by atoms with Crippen LogP contribution in [0.3, 0.4) is 0 Å². The maximum atomic E-state index is 12.9. The molecule has 1 aliphatic heterocycles. The SMILES string of the molecule is O=C(CN1C(=O)CC2(CCCCC2)C1=O)Nc1ccccc1-c1ccccc1. The van der Waals surface area contributed by atoms with Crippen LogP contribution >= 0.6 is 0 Å². The highest BCUT2D eigenvalue weighted by atomic mass is 16.2. The summed E-state index contributed by atoms with van der Waals surface area (Å²) in [7, 11) is 0. The second-order valence-electron chi connectivity index (χ2n) is 7.76. The van der Waals surface area contributed by atoms with E-state index in [9.17, 15) is 14.4 Å². The Bertz CT molecular complexity index is 901. The zero-order valence-corrected chi connectivity index (χ0v) is 15.8. The van der Waals surface area contributed by atoms with Crippen molar-refractivity contribution in [3.63, 3.8) is 0 Å². The van der Waals surface area contributed by atoms with Crippen molar-refractivity contribution in [1.29, 1.82) is 0 Å². The summed E-state index contributed by atoms with van der Waals surface area (Å²) in [5.74, 6) is -0.736. The molecule has 1 aliphatic carbocycles. The summed E-state index contributed by atoms with van der Waals surface area (Å²) in [5.41, 5.74) is 2.01. The Labute approximate surface area is 164 Å². The Morgan fingerprint density at radius 3 is 2.36 bits per heavy atom. The van der Waals surface area contributed by atoms with Gasteiger partial charge >= 0.3 is 0 Å². The van der Waals surface area contributed by atoms with Gasteiger partial charge in [0.1, 0.15) is 6.54 Å². The molecule has 1 saturated carbocycles. The summed E-state index contributed by atoms with van der Waals surface area (Å²) in [6.07, 6.45) is 4.83. The molecule has 4 rings (SSSR count). The van der Waals surface area contributed by atoms with E-state index in [-0.39, 0.29) is 30.7 Å². The lowest BCUT2D eigenvalue weighted by atomic mass is 9.73. The molecule has 2 aromatic rings. The predicted octanol–water partition coefficient (Wildman–Crippen LogP) is 4.00. The highest BCUT2D eigenvalue weighted by Crippen LogP contribution is 2.45. The Kier molecular flexibility index (Phi) is 4.99. The van der Waals surface area contributed by atoms with Crippen molar-refractivity contribution < 1.29 is 14.4 Å². The molecule has 0 unspecified atom stereocenters. The second kappa shape index (κ2) is 7.58. The van der Waals surface area contributed by atoms with Crippen molar-refractivity contribution in [3.8, 4) is 11.1 Å². The first-order valence-electron chi connectivity index (χ1n) is 9.88. The van der Waals surface area contributed by atoms with Gasteiger partial charge in [0.15, 0.2) is 0 Å². The van der Waals surface area contributed by atoms with Gasteiger partial charge in [-0.1, -0.05) is 67.8 Å². The lowest BCUT2D eigenvalue weighted by Gasteiger charge is -2.30. The van der Waals surface area contributed by atoms with Gasteiger partial charge in [-0.15, -0.1) is 0 Å². The van der Waals surface area contributed by atoms with Crippen LogP contribution in [0.2, 0.25) is 0 Å². The largest absolute Gasteiger partial charge is 0.324 e. The van der Waals surface area contributed by atoms with Gasteiger partial charge in [-0.25, -0.2) is 0 Å². The molecular formula is C23H24N2O3. The van der Waals surface area contributed by atoms with E-state index in [2.05, 4.69) is 5.32 Å². The standard InChI is InChI=1S/C23H24N2O3/c26-20(16-25-21(27)15-23(22(25)28)13-7-2-8-14-23)24-19-12-6-5-11-18(19)17-9-3-1-4-10-17/h1,3-6,9-12H,2,7-8,13-16H2,(H,24,26). The van der Waals surface area contributed by atoms with Crippen LogP contribution in [0, 0.1) is 5.41 Å². The van der Waals surface area contributed by atoms with Crippen molar-refractivity contribution >= 4 is 23.4 Å². The highest BCUT2D eigenvalue weighted by Gasteiger charge is 2.51. The maximum absolute atomic E-state index is 12.9. The Morgan fingerprint density at radius 2 is 1.61 bits per heavy atom. The van der Waals surface area contributed by atoms with Crippen molar-refractivity contribution in [3.05, 3.63) is 54.6 Å². The number of nitrogens with one attached hydrogen (secondary N) is 1. The number of amides is 3. The fourth-order valence-electron chi connectivity index (χ4n) is 4.43. The molecule has 1 N–H and O–H groups in total. The Morgan fingerprint density at radius 1 is 0.929 bits per heavy atom. The number of hydrogen-bond acceptors (Lipinski definition) is 3. The third kappa shape index (κ3) is 3.44. The van der Waals surface area contributed by atoms with Gasteiger partial charge in [0, 0.05) is 17.7 Å². The molecule has 0 radical (unpaired) electrons. The zero-order chi connectivity index (χ0) is 19.6. The van der Waals surface area contributed by atoms with E-state index in [0.717, 1.165) is 48.1 Å². The van der Waals surface area contributed by atoms with Crippen LogP contribution in [-0.2, 0) is 14.4 Å². The van der Waals surface area contributed by atoms with E-state index >= 15 is 0 Å². The summed E-state index contributed by atoms with van der Waals surface area (Å²) in [6.45, 7) is -0.220. The first-order valence-corrected chi connectivity index (χ1v) is 9.88. The average molecular weight is 376 g/mol. The molecule has 1 spiro atoms. The molecule has 2 aliphatic rings. The molecule has 3 amide bonds. The molecule has 0 bridgehead atoms. The number of likely N-dealkylation sites (tertiary alicyclic amines) is 1. The Balaban J connectivity index is 1.49. The van der Waals surface area contributed by atoms with Gasteiger partial charge in [0.25, 0.3) is 0 Å². The van der Waals surface area contributed by atoms with Crippen molar-refractivity contribution in [2.75, 3.05) is 11.9 Å². The fraction of sp³-hybridized carbons (Fsp3) is 0.348. The predicted molar refractivity (Wildman–Crippen MR) is 107 cm³/mol. The molecule has 0 aromatic heterocycles. The van der Waals surface area contributed by atoms with Crippen LogP contribution in [0.25, 0.3) is 11.1 Å². The summed E-state index contributed by atoms with van der Waals surface area (Å²) in [4.78, 5) is 39.2. The molecule has 1 saturated heterocycles. The zero-order valence-electron chi connectivity index (χ0n) is 15.8. The minimum Gasteiger partial charge on any atom is -0.324 e. The maximum Gasteiger partial charge on any atom is 0.244 e. The van der Waals surface area contributed by atoms with Crippen LogP contribution < -0.4 is 5.32 Å². The van der Waals surface area contributed by atoms with E-state index in [0.29, 0.717) is 5.69 Å². The van der Waals surface area contributed by atoms with Gasteiger partial charge in [0.05, 0.1) is 5.41 Å². The van der Waals surface area contributed by atoms with E-state index in [1.807, 2.05) is 54.6 Å². The number of rotatable bonds is 4. The van der Waals surface area contributed by atoms with E-state index in [1.54, 1.807) is 0 Å². The third-order valence-corrected chi connectivity index (χ3v) is 5.89. The molecule has 1 heterocycles. The fourth-order valence-corrected chi connectivity index (χ4v) is 4.43. The lowest BCUT2D eigenvalue weighted by Crippen LogP contribution is -2.41. The van der Waals surface area contributed by atoms with Gasteiger partial charge in [-0.3, -0.25) is 19.3 Å².